The van der Waals surface area contributed by atoms with Gasteiger partial charge < -0.3 is 15.0 Å². The summed E-state index contributed by atoms with van der Waals surface area (Å²) >= 11 is 0. The highest BCUT2D eigenvalue weighted by molar-refractivity contribution is 5.88. The number of rotatable bonds is 6. The molecular weight excluding hydrogens is 306 g/mol. The molecule has 0 bridgehead atoms. The molecule has 0 aromatic heterocycles. The monoisotopic (exact) mass is 326 g/mol. The highest BCUT2D eigenvalue weighted by Gasteiger charge is 2.30. The first-order valence-corrected chi connectivity index (χ1v) is 7.61. The molecule has 1 unspecified atom stereocenters. The maximum atomic E-state index is 13.7. The molecule has 0 saturated carbocycles. The van der Waals surface area contributed by atoms with E-state index in [1.807, 2.05) is 0 Å². The molecule has 0 radical (unpaired) electrons. The second-order valence-corrected chi connectivity index (χ2v) is 5.39. The number of ether oxygens (including phenoxy) is 1. The van der Waals surface area contributed by atoms with E-state index in [2.05, 4.69) is 5.32 Å². The zero-order chi connectivity index (χ0) is 16.8. The lowest BCUT2D eigenvalue weighted by molar-refractivity contribution is -0.140. The Balaban J connectivity index is 1.97. The average molecular weight is 326 g/mol. The molecule has 1 heterocycles. The van der Waals surface area contributed by atoms with E-state index in [0.29, 0.717) is 26.0 Å². The summed E-state index contributed by atoms with van der Waals surface area (Å²) in [5.74, 6) is -1.94. The van der Waals surface area contributed by atoms with Crippen molar-refractivity contribution in [3.63, 3.8) is 0 Å². The highest BCUT2D eigenvalue weighted by atomic mass is 19.1. The van der Waals surface area contributed by atoms with Gasteiger partial charge in [0.25, 0.3) is 0 Å². The molecule has 1 aromatic carbocycles. The molecule has 2 rings (SSSR count). The molecule has 1 atom stereocenters. The number of halogens is 2. The van der Waals surface area contributed by atoms with Gasteiger partial charge in [0, 0.05) is 31.3 Å². The fourth-order valence-electron chi connectivity index (χ4n) is 2.52. The van der Waals surface area contributed by atoms with Crippen LogP contribution in [0.2, 0.25) is 0 Å². The van der Waals surface area contributed by atoms with Crippen LogP contribution in [0.4, 0.5) is 8.78 Å². The summed E-state index contributed by atoms with van der Waals surface area (Å²) in [6, 6.07) is 2.66. The minimum absolute atomic E-state index is 0.0583. The minimum Gasteiger partial charge on any atom is -0.372 e. The van der Waals surface area contributed by atoms with Crippen molar-refractivity contribution in [1.29, 1.82) is 0 Å². The van der Waals surface area contributed by atoms with E-state index < -0.39 is 17.7 Å². The van der Waals surface area contributed by atoms with Crippen molar-refractivity contribution in [3.8, 4) is 0 Å². The van der Waals surface area contributed by atoms with Crippen LogP contribution < -0.4 is 5.32 Å². The third-order valence-corrected chi connectivity index (χ3v) is 3.68. The number of benzene rings is 1. The summed E-state index contributed by atoms with van der Waals surface area (Å²) in [6.07, 6.45) is 1.24. The van der Waals surface area contributed by atoms with Gasteiger partial charge in [-0.15, -0.1) is 0 Å². The van der Waals surface area contributed by atoms with E-state index in [1.54, 1.807) is 6.92 Å². The fourth-order valence-corrected chi connectivity index (χ4v) is 2.52. The van der Waals surface area contributed by atoms with Gasteiger partial charge in [0.05, 0.1) is 0 Å². The molecule has 5 nitrogen and oxygen atoms in total. The third-order valence-electron chi connectivity index (χ3n) is 3.68. The van der Waals surface area contributed by atoms with E-state index in [0.717, 1.165) is 12.1 Å². The van der Waals surface area contributed by atoms with E-state index in [4.69, 9.17) is 4.74 Å². The number of likely N-dealkylation sites (tertiary alicyclic amines) is 1. The van der Waals surface area contributed by atoms with Gasteiger partial charge in [-0.3, -0.25) is 9.59 Å². The van der Waals surface area contributed by atoms with Gasteiger partial charge in [-0.2, -0.15) is 0 Å². The lowest BCUT2D eigenvalue weighted by Crippen LogP contribution is -2.52. The van der Waals surface area contributed by atoms with E-state index in [1.165, 1.54) is 11.0 Å². The topological polar surface area (TPSA) is 58.6 Å². The molecule has 1 aliphatic heterocycles. The van der Waals surface area contributed by atoms with Crippen molar-refractivity contribution in [1.82, 2.24) is 10.2 Å². The summed E-state index contributed by atoms with van der Waals surface area (Å²) < 4.78 is 31.6. The van der Waals surface area contributed by atoms with Crippen molar-refractivity contribution in [3.05, 3.63) is 35.4 Å². The Hall–Kier alpha value is -2.02. The zero-order valence-electron chi connectivity index (χ0n) is 13.0. The number of hydrogen-bond acceptors (Lipinski definition) is 3. The second kappa shape index (κ2) is 8.01. The van der Waals surface area contributed by atoms with Gasteiger partial charge in [-0.1, -0.05) is 6.07 Å². The Bertz CT molecular complexity index is 580. The van der Waals surface area contributed by atoms with Crippen molar-refractivity contribution in [2.24, 2.45) is 0 Å². The number of amides is 2. The van der Waals surface area contributed by atoms with Gasteiger partial charge in [-0.25, -0.2) is 8.78 Å². The highest BCUT2D eigenvalue weighted by Crippen LogP contribution is 2.17. The Kier molecular flexibility index (Phi) is 6.04. The van der Waals surface area contributed by atoms with Crippen LogP contribution in [-0.4, -0.2) is 42.5 Å². The van der Waals surface area contributed by atoms with E-state index in [9.17, 15) is 18.4 Å². The first-order chi connectivity index (χ1) is 11.0. The average Bonchev–Trinajstić information content (AvgIpc) is 2.51. The lowest BCUT2D eigenvalue weighted by Gasteiger charge is -2.32. The maximum absolute atomic E-state index is 13.7. The minimum atomic E-state index is -0.680. The van der Waals surface area contributed by atoms with Crippen LogP contribution in [-0.2, 0) is 20.9 Å². The van der Waals surface area contributed by atoms with Gasteiger partial charge in [0.15, 0.2) is 0 Å². The largest absolute Gasteiger partial charge is 0.372 e. The summed E-state index contributed by atoms with van der Waals surface area (Å²) in [5, 5.41) is 2.63. The van der Waals surface area contributed by atoms with Crippen LogP contribution in [0, 0.1) is 11.6 Å². The number of nitrogens with one attached hydrogen (secondary N) is 1. The van der Waals surface area contributed by atoms with Gasteiger partial charge in [0.2, 0.25) is 11.8 Å². The third kappa shape index (κ3) is 4.72. The lowest BCUT2D eigenvalue weighted by atomic mass is 10.0. The Labute approximate surface area is 133 Å². The fraction of sp³-hybridized carbons (Fsp3) is 0.500. The number of piperidine rings is 1. The number of carbonyl (C=O) groups excluding carboxylic acids is 2. The standard InChI is InChI=1S/C16H20F2N2O3/c1-2-23-10-15(21)19-14-4-3-7-20(16(14)22)9-11-5-6-12(17)8-13(11)18/h5-6,8,14H,2-4,7,9-10H2,1H3,(H,19,21). The van der Waals surface area contributed by atoms with Gasteiger partial charge >= 0.3 is 0 Å². The van der Waals surface area contributed by atoms with Crippen molar-refractivity contribution < 1.29 is 23.1 Å². The zero-order valence-corrected chi connectivity index (χ0v) is 13.0. The maximum Gasteiger partial charge on any atom is 0.246 e. The predicted molar refractivity (Wildman–Crippen MR) is 79.4 cm³/mol. The molecular formula is C16H20F2N2O3. The first kappa shape index (κ1) is 17.3. The number of nitrogens with zero attached hydrogens (tertiary/aromatic N) is 1. The van der Waals surface area contributed by atoms with Crippen molar-refractivity contribution >= 4 is 11.8 Å². The molecule has 1 N–H and O–H groups in total. The van der Waals surface area contributed by atoms with Crippen molar-refractivity contribution in [2.75, 3.05) is 19.8 Å². The SMILES string of the molecule is CCOCC(=O)NC1CCCN(Cc2ccc(F)cc2F)C1=O. The summed E-state index contributed by atoms with van der Waals surface area (Å²) in [4.78, 5) is 25.5. The Morgan fingerprint density at radius 2 is 2.22 bits per heavy atom. The molecule has 2 amide bonds. The normalized spacial score (nSPS) is 18.1. The Morgan fingerprint density at radius 3 is 2.91 bits per heavy atom. The molecule has 1 fully saturated rings. The van der Waals surface area contributed by atoms with E-state index in [-0.39, 0.29) is 30.5 Å². The van der Waals surface area contributed by atoms with Gasteiger partial charge in [0.1, 0.15) is 24.3 Å². The smallest absolute Gasteiger partial charge is 0.246 e. The molecule has 1 saturated heterocycles. The molecule has 23 heavy (non-hydrogen) atoms. The van der Waals surface area contributed by atoms with Crippen LogP contribution in [0.1, 0.15) is 25.3 Å². The van der Waals surface area contributed by atoms with Crippen molar-refractivity contribution in [2.45, 2.75) is 32.4 Å². The number of carbonyl (C=O) groups is 2. The quantitative estimate of drug-likeness (QED) is 0.864. The molecule has 126 valence electrons. The van der Waals surface area contributed by atoms with Crippen LogP contribution >= 0.6 is 0 Å². The number of hydrogen-bond donors (Lipinski definition) is 1. The summed E-state index contributed by atoms with van der Waals surface area (Å²) in [6.45, 7) is 2.64. The summed E-state index contributed by atoms with van der Waals surface area (Å²) in [7, 11) is 0. The Morgan fingerprint density at radius 1 is 1.43 bits per heavy atom. The molecule has 0 aliphatic carbocycles. The van der Waals surface area contributed by atoms with Crippen LogP contribution in [0.25, 0.3) is 0 Å². The van der Waals surface area contributed by atoms with Crippen LogP contribution in [0.15, 0.2) is 18.2 Å². The van der Waals surface area contributed by atoms with Crippen LogP contribution in [0.5, 0.6) is 0 Å². The van der Waals surface area contributed by atoms with Gasteiger partial charge in [-0.05, 0) is 25.8 Å². The predicted octanol–water partition coefficient (Wildman–Crippen LogP) is 1.61. The van der Waals surface area contributed by atoms with E-state index >= 15 is 0 Å². The molecule has 7 heteroatoms. The molecule has 0 spiro atoms. The molecule has 1 aromatic rings. The summed E-state index contributed by atoms with van der Waals surface area (Å²) in [5.41, 5.74) is 0.251. The van der Waals surface area contributed by atoms with Crippen LogP contribution in [0.3, 0.4) is 0 Å². The first-order valence-electron chi connectivity index (χ1n) is 7.61. The second-order valence-electron chi connectivity index (χ2n) is 5.39. The molecule has 1 aliphatic rings.